The van der Waals surface area contributed by atoms with Crippen molar-refractivity contribution in [2.45, 2.75) is 46.1 Å². The van der Waals surface area contributed by atoms with Crippen LogP contribution in [0.4, 0.5) is 15.8 Å². The number of nitrogens with two attached hydrogens (primary N) is 1. The Hall–Kier alpha value is -2.03. The van der Waals surface area contributed by atoms with Gasteiger partial charge in [-0.3, -0.25) is 14.5 Å². The van der Waals surface area contributed by atoms with Gasteiger partial charge in [0.25, 0.3) is 5.91 Å². The lowest BCUT2D eigenvalue weighted by atomic mass is 9.84. The van der Waals surface area contributed by atoms with Crippen molar-refractivity contribution in [1.82, 2.24) is 4.90 Å². The second kappa shape index (κ2) is 10.1. The molecule has 1 saturated carbocycles. The zero-order chi connectivity index (χ0) is 22.6. The van der Waals surface area contributed by atoms with Crippen LogP contribution in [-0.2, 0) is 14.3 Å². The zero-order valence-corrected chi connectivity index (χ0v) is 18.8. The molecule has 0 bridgehead atoms. The molecular formula is C23H35FN4O3. The number of hydrogen-bond donors (Lipinski definition) is 2. The van der Waals surface area contributed by atoms with Crippen LogP contribution in [0.5, 0.6) is 0 Å². The number of nitrogens with zero attached hydrogens (tertiary/aromatic N) is 2. The third kappa shape index (κ3) is 6.24. The van der Waals surface area contributed by atoms with E-state index in [4.69, 9.17) is 10.5 Å². The average molecular weight is 435 g/mol. The summed E-state index contributed by atoms with van der Waals surface area (Å²) < 4.78 is 19.9. The fourth-order valence-corrected chi connectivity index (χ4v) is 4.12. The normalized spacial score (nSPS) is 18.8. The minimum Gasteiger partial charge on any atom is -0.370 e. The summed E-state index contributed by atoms with van der Waals surface area (Å²) in [7, 11) is 0. The molecule has 0 spiro atoms. The van der Waals surface area contributed by atoms with Gasteiger partial charge in [-0.25, -0.2) is 4.39 Å². The highest BCUT2D eigenvalue weighted by atomic mass is 19.1. The maximum Gasteiger partial charge on any atom is 0.253 e. The molecule has 0 aromatic heterocycles. The maximum atomic E-state index is 14.8. The first-order valence-electron chi connectivity index (χ1n) is 11.1. The van der Waals surface area contributed by atoms with Crippen molar-refractivity contribution in [2.75, 3.05) is 49.6 Å². The van der Waals surface area contributed by atoms with E-state index in [-0.39, 0.29) is 36.1 Å². The number of nitrogens with one attached hydrogen (secondary N) is 1. The Labute approximate surface area is 184 Å². The van der Waals surface area contributed by atoms with Gasteiger partial charge in [0.1, 0.15) is 18.5 Å². The first-order valence-corrected chi connectivity index (χ1v) is 11.1. The number of rotatable bonds is 8. The Morgan fingerprint density at radius 2 is 2.13 bits per heavy atom. The van der Waals surface area contributed by atoms with E-state index in [0.29, 0.717) is 24.8 Å². The summed E-state index contributed by atoms with van der Waals surface area (Å²) in [5.41, 5.74) is 6.56. The quantitative estimate of drug-likeness (QED) is 0.657. The highest BCUT2D eigenvalue weighted by Crippen LogP contribution is 2.30. The van der Waals surface area contributed by atoms with Gasteiger partial charge in [0.2, 0.25) is 5.91 Å². The topological polar surface area (TPSA) is 87.9 Å². The average Bonchev–Trinajstić information content (AvgIpc) is 2.66. The molecule has 7 nitrogen and oxygen atoms in total. The third-order valence-electron chi connectivity index (χ3n) is 5.87. The number of anilines is 2. The Balaban J connectivity index is 1.71. The van der Waals surface area contributed by atoms with Gasteiger partial charge in [0.05, 0.1) is 12.3 Å². The summed E-state index contributed by atoms with van der Waals surface area (Å²) in [4.78, 5) is 28.7. The molecule has 1 aromatic rings. The third-order valence-corrected chi connectivity index (χ3v) is 5.87. The van der Waals surface area contributed by atoms with Gasteiger partial charge in [-0.1, -0.05) is 27.2 Å². The van der Waals surface area contributed by atoms with Crippen LogP contribution in [0, 0.1) is 17.2 Å². The fourth-order valence-electron chi connectivity index (χ4n) is 4.12. The first-order chi connectivity index (χ1) is 14.7. The molecule has 0 radical (unpaired) electrons. The van der Waals surface area contributed by atoms with Crippen LogP contribution in [0.1, 0.15) is 40.0 Å². The number of carbonyl (C=O) groups is 2. The smallest absolute Gasteiger partial charge is 0.253 e. The Morgan fingerprint density at radius 3 is 2.68 bits per heavy atom. The standard InChI is InChI=1S/C23H35FN4O3/c1-23(2,3)15-27(13-16-5-4-6-16)20(12-25)22(30)26-19-8-7-17(11-18(19)24)28-9-10-31-14-21(28)29/h7-8,11,16,20H,4-6,9-10,12-15,25H2,1-3H3,(H,26,30)/t20-/m1/s1. The van der Waals surface area contributed by atoms with Gasteiger partial charge in [0, 0.05) is 31.9 Å². The number of halogens is 1. The number of carbonyl (C=O) groups excluding carboxylic acids is 2. The van der Waals surface area contributed by atoms with E-state index >= 15 is 0 Å². The molecule has 1 aromatic carbocycles. The lowest BCUT2D eigenvalue weighted by Gasteiger charge is -2.39. The van der Waals surface area contributed by atoms with Crippen molar-refractivity contribution in [3.8, 4) is 0 Å². The van der Waals surface area contributed by atoms with Crippen molar-refractivity contribution in [2.24, 2.45) is 17.1 Å². The fraction of sp³-hybridized carbons (Fsp3) is 0.652. The van der Waals surface area contributed by atoms with Crippen molar-refractivity contribution in [3.63, 3.8) is 0 Å². The summed E-state index contributed by atoms with van der Waals surface area (Å²) in [6.07, 6.45) is 3.59. The van der Waals surface area contributed by atoms with E-state index in [1.807, 2.05) is 0 Å². The van der Waals surface area contributed by atoms with E-state index in [1.165, 1.54) is 36.3 Å². The van der Waals surface area contributed by atoms with Gasteiger partial charge >= 0.3 is 0 Å². The van der Waals surface area contributed by atoms with Crippen LogP contribution in [0.2, 0.25) is 0 Å². The second-order valence-electron chi connectivity index (χ2n) is 9.79. The predicted molar refractivity (Wildman–Crippen MR) is 119 cm³/mol. The van der Waals surface area contributed by atoms with Gasteiger partial charge in [-0.2, -0.15) is 0 Å². The summed E-state index contributed by atoms with van der Waals surface area (Å²) in [6, 6.07) is 3.89. The van der Waals surface area contributed by atoms with E-state index in [2.05, 4.69) is 31.0 Å². The minimum absolute atomic E-state index is 0.00897. The molecule has 1 saturated heterocycles. The SMILES string of the molecule is CC(C)(C)CN(CC1CCC1)[C@H](CN)C(=O)Nc1ccc(N2CCOCC2=O)cc1F. The van der Waals surface area contributed by atoms with Crippen LogP contribution in [0.15, 0.2) is 18.2 Å². The second-order valence-corrected chi connectivity index (χ2v) is 9.79. The lowest BCUT2D eigenvalue weighted by Crippen LogP contribution is -2.53. The molecule has 0 unspecified atom stereocenters. The van der Waals surface area contributed by atoms with Crippen LogP contribution in [0.25, 0.3) is 0 Å². The number of ether oxygens (including phenoxy) is 1. The number of amides is 2. The van der Waals surface area contributed by atoms with E-state index < -0.39 is 11.9 Å². The molecule has 1 aliphatic heterocycles. The summed E-state index contributed by atoms with van der Waals surface area (Å²) in [5.74, 6) is -0.506. The number of benzene rings is 1. The predicted octanol–water partition coefficient (Wildman–Crippen LogP) is 2.60. The Kier molecular flexibility index (Phi) is 7.67. The Bertz CT molecular complexity index is 792. The largest absolute Gasteiger partial charge is 0.370 e. The van der Waals surface area contributed by atoms with Crippen LogP contribution >= 0.6 is 0 Å². The number of morpholine rings is 1. The van der Waals surface area contributed by atoms with Gasteiger partial charge in [-0.15, -0.1) is 0 Å². The van der Waals surface area contributed by atoms with Crippen LogP contribution < -0.4 is 16.0 Å². The molecule has 1 aliphatic carbocycles. The monoisotopic (exact) mass is 434 g/mol. The molecule has 1 heterocycles. The van der Waals surface area contributed by atoms with Crippen molar-refractivity contribution in [3.05, 3.63) is 24.0 Å². The van der Waals surface area contributed by atoms with E-state index in [1.54, 1.807) is 6.07 Å². The molecule has 1 atom stereocenters. The summed E-state index contributed by atoms with van der Waals surface area (Å²) >= 11 is 0. The van der Waals surface area contributed by atoms with Crippen molar-refractivity contribution < 1.29 is 18.7 Å². The molecule has 3 N–H and O–H groups in total. The molecule has 2 aliphatic rings. The highest BCUT2D eigenvalue weighted by molar-refractivity contribution is 5.97. The highest BCUT2D eigenvalue weighted by Gasteiger charge is 2.32. The van der Waals surface area contributed by atoms with E-state index in [9.17, 15) is 14.0 Å². The molecule has 172 valence electrons. The Morgan fingerprint density at radius 1 is 1.39 bits per heavy atom. The molecule has 31 heavy (non-hydrogen) atoms. The first kappa shape index (κ1) is 23.6. The molecule has 8 heteroatoms. The lowest BCUT2D eigenvalue weighted by molar-refractivity contribution is -0.125. The van der Waals surface area contributed by atoms with Gasteiger partial charge in [0.15, 0.2) is 0 Å². The van der Waals surface area contributed by atoms with Crippen molar-refractivity contribution in [1.29, 1.82) is 0 Å². The van der Waals surface area contributed by atoms with Crippen LogP contribution in [-0.4, -0.2) is 62.1 Å². The number of hydrogen-bond acceptors (Lipinski definition) is 5. The van der Waals surface area contributed by atoms with Gasteiger partial charge < -0.3 is 20.7 Å². The van der Waals surface area contributed by atoms with Gasteiger partial charge in [-0.05, 0) is 42.4 Å². The molecule has 2 fully saturated rings. The molecule has 3 rings (SSSR count). The molecular weight excluding hydrogens is 399 g/mol. The van der Waals surface area contributed by atoms with Crippen molar-refractivity contribution >= 4 is 23.2 Å². The zero-order valence-electron chi connectivity index (χ0n) is 18.8. The summed E-state index contributed by atoms with van der Waals surface area (Å²) in [5, 5.41) is 2.71. The van der Waals surface area contributed by atoms with E-state index in [0.717, 1.165) is 13.1 Å². The summed E-state index contributed by atoms with van der Waals surface area (Å²) in [6.45, 7) is 8.91. The van der Waals surface area contributed by atoms with Crippen LogP contribution in [0.3, 0.4) is 0 Å². The molecule has 2 amide bonds. The minimum atomic E-state index is -0.581. The maximum absolute atomic E-state index is 14.8.